The minimum atomic E-state index is -0.598. The molecular formula is C13H17ClN2O2. The summed E-state index contributed by atoms with van der Waals surface area (Å²) in [5.74, 6) is 0.670. The van der Waals surface area contributed by atoms with Crippen LogP contribution in [-0.4, -0.2) is 28.4 Å². The molecule has 0 bridgehead atoms. The van der Waals surface area contributed by atoms with Crippen LogP contribution in [0.4, 0.5) is 0 Å². The molecule has 1 atom stereocenters. The summed E-state index contributed by atoms with van der Waals surface area (Å²) < 4.78 is 7.08. The van der Waals surface area contributed by atoms with E-state index in [1.54, 1.807) is 14.0 Å². The smallest absolute Gasteiger partial charge is 0.138 e. The Balaban J connectivity index is 2.42. The molecule has 0 aliphatic rings. The van der Waals surface area contributed by atoms with E-state index in [-0.39, 0.29) is 0 Å². The number of ether oxygens (including phenoxy) is 1. The van der Waals surface area contributed by atoms with Crippen LogP contribution in [0.2, 0.25) is 5.02 Å². The molecule has 0 spiro atoms. The highest BCUT2D eigenvalue weighted by atomic mass is 35.5. The molecule has 4 nitrogen and oxygen atoms in total. The van der Waals surface area contributed by atoms with E-state index in [4.69, 9.17) is 16.3 Å². The van der Waals surface area contributed by atoms with Crippen molar-refractivity contribution < 1.29 is 9.84 Å². The van der Waals surface area contributed by atoms with E-state index in [1.165, 1.54) is 0 Å². The van der Waals surface area contributed by atoms with Gasteiger partial charge in [-0.2, -0.15) is 0 Å². The molecule has 0 fully saturated rings. The molecule has 98 valence electrons. The average molecular weight is 269 g/mol. The van der Waals surface area contributed by atoms with E-state index in [2.05, 4.69) is 4.98 Å². The van der Waals surface area contributed by atoms with Gasteiger partial charge in [0.25, 0.3) is 0 Å². The van der Waals surface area contributed by atoms with E-state index < -0.39 is 6.10 Å². The van der Waals surface area contributed by atoms with E-state index in [0.717, 1.165) is 24.0 Å². The molecule has 0 amide bonds. The number of halogens is 1. The molecule has 2 aromatic rings. The highest BCUT2D eigenvalue weighted by molar-refractivity contribution is 6.31. The number of aromatic nitrogens is 2. The lowest BCUT2D eigenvalue weighted by Gasteiger charge is -2.10. The second-order valence-corrected chi connectivity index (χ2v) is 4.71. The van der Waals surface area contributed by atoms with Crippen molar-refractivity contribution in [3.8, 4) is 0 Å². The van der Waals surface area contributed by atoms with Crippen molar-refractivity contribution in [1.29, 1.82) is 0 Å². The van der Waals surface area contributed by atoms with E-state index >= 15 is 0 Å². The molecule has 5 heteroatoms. The van der Waals surface area contributed by atoms with Gasteiger partial charge in [0.15, 0.2) is 0 Å². The number of benzene rings is 1. The largest absolute Gasteiger partial charge is 0.385 e. The van der Waals surface area contributed by atoms with Crippen molar-refractivity contribution >= 4 is 22.6 Å². The Labute approximate surface area is 111 Å². The van der Waals surface area contributed by atoms with Gasteiger partial charge in [0.2, 0.25) is 0 Å². The van der Waals surface area contributed by atoms with E-state index in [9.17, 15) is 5.11 Å². The zero-order valence-electron chi connectivity index (χ0n) is 10.6. The van der Waals surface area contributed by atoms with Gasteiger partial charge in [0.1, 0.15) is 11.9 Å². The average Bonchev–Trinajstić information content (AvgIpc) is 2.68. The molecule has 1 aromatic heterocycles. The number of imidazole rings is 1. The van der Waals surface area contributed by atoms with Gasteiger partial charge in [-0.1, -0.05) is 11.6 Å². The maximum absolute atomic E-state index is 9.78. The zero-order chi connectivity index (χ0) is 13.1. The van der Waals surface area contributed by atoms with Crippen molar-refractivity contribution in [1.82, 2.24) is 9.55 Å². The predicted molar refractivity (Wildman–Crippen MR) is 71.9 cm³/mol. The summed E-state index contributed by atoms with van der Waals surface area (Å²) in [6.45, 7) is 3.17. The lowest BCUT2D eigenvalue weighted by molar-refractivity contribution is 0.175. The second kappa shape index (κ2) is 5.69. The number of aryl methyl sites for hydroxylation is 1. The number of nitrogens with zero attached hydrogens (tertiary/aromatic N) is 2. The molecule has 18 heavy (non-hydrogen) atoms. The first-order valence-electron chi connectivity index (χ1n) is 5.96. The third kappa shape index (κ3) is 2.66. The number of hydrogen-bond donors (Lipinski definition) is 1. The van der Waals surface area contributed by atoms with Gasteiger partial charge >= 0.3 is 0 Å². The monoisotopic (exact) mass is 268 g/mol. The standard InChI is InChI=1S/C13H17ClN2O2/c1-9(17)13-15-11-8-10(14)4-5-12(11)16(13)6-3-7-18-2/h4-5,8-9,17H,3,6-7H2,1-2H3/t9-/m1/s1. The fraction of sp³-hybridized carbons (Fsp3) is 0.462. The van der Waals surface area contributed by atoms with Crippen LogP contribution in [0, 0.1) is 0 Å². The molecule has 2 rings (SSSR count). The minimum absolute atomic E-state index is 0.598. The van der Waals surface area contributed by atoms with Crippen molar-refractivity contribution in [2.24, 2.45) is 0 Å². The summed E-state index contributed by atoms with van der Waals surface area (Å²) in [4.78, 5) is 4.44. The number of rotatable bonds is 5. The van der Waals surface area contributed by atoms with Gasteiger partial charge in [-0.25, -0.2) is 4.98 Å². The third-order valence-electron chi connectivity index (χ3n) is 2.84. The fourth-order valence-electron chi connectivity index (χ4n) is 2.04. The predicted octanol–water partition coefficient (Wildman–Crippen LogP) is 2.78. The molecule has 1 aromatic carbocycles. The Bertz CT molecular complexity index is 537. The van der Waals surface area contributed by atoms with Crippen molar-refractivity contribution in [3.05, 3.63) is 29.0 Å². The maximum Gasteiger partial charge on any atom is 0.138 e. The van der Waals surface area contributed by atoms with Crippen molar-refractivity contribution in [3.63, 3.8) is 0 Å². The number of fused-ring (bicyclic) bond motifs is 1. The molecule has 1 heterocycles. The van der Waals surface area contributed by atoms with Gasteiger partial charge in [0.05, 0.1) is 11.0 Å². The summed E-state index contributed by atoms with van der Waals surface area (Å²) in [5.41, 5.74) is 1.81. The maximum atomic E-state index is 9.78. The Morgan fingerprint density at radius 1 is 1.50 bits per heavy atom. The van der Waals surface area contributed by atoms with Crippen LogP contribution in [0.3, 0.4) is 0 Å². The molecule has 0 radical (unpaired) electrons. The Hall–Kier alpha value is -1.10. The number of aliphatic hydroxyl groups is 1. The number of hydrogen-bond acceptors (Lipinski definition) is 3. The first-order chi connectivity index (χ1) is 8.63. The summed E-state index contributed by atoms with van der Waals surface area (Å²) in [5, 5.41) is 10.4. The third-order valence-corrected chi connectivity index (χ3v) is 3.08. The van der Waals surface area contributed by atoms with Gasteiger partial charge in [0, 0.05) is 25.3 Å². The number of methoxy groups -OCH3 is 1. The van der Waals surface area contributed by atoms with Crippen LogP contribution >= 0.6 is 11.6 Å². The summed E-state index contributed by atoms with van der Waals surface area (Å²) in [6, 6.07) is 5.59. The van der Waals surface area contributed by atoms with Crippen LogP contribution in [-0.2, 0) is 11.3 Å². The van der Waals surface area contributed by atoms with Crippen LogP contribution in [0.1, 0.15) is 25.3 Å². The van der Waals surface area contributed by atoms with Gasteiger partial charge in [-0.05, 0) is 31.5 Å². The Morgan fingerprint density at radius 2 is 2.28 bits per heavy atom. The van der Waals surface area contributed by atoms with Crippen LogP contribution in [0.15, 0.2) is 18.2 Å². The van der Waals surface area contributed by atoms with Gasteiger partial charge in [-0.15, -0.1) is 0 Å². The van der Waals surface area contributed by atoms with Crippen LogP contribution in [0.5, 0.6) is 0 Å². The summed E-state index contributed by atoms with van der Waals surface area (Å²) in [7, 11) is 1.68. The highest BCUT2D eigenvalue weighted by Gasteiger charge is 2.14. The second-order valence-electron chi connectivity index (χ2n) is 4.28. The van der Waals surface area contributed by atoms with E-state index in [0.29, 0.717) is 17.5 Å². The molecule has 0 saturated heterocycles. The fourth-order valence-corrected chi connectivity index (χ4v) is 2.21. The lowest BCUT2D eigenvalue weighted by atomic mass is 10.3. The molecule has 0 saturated carbocycles. The molecule has 1 N–H and O–H groups in total. The lowest BCUT2D eigenvalue weighted by Crippen LogP contribution is -2.08. The first-order valence-corrected chi connectivity index (χ1v) is 6.34. The Kier molecular flexibility index (Phi) is 4.22. The highest BCUT2D eigenvalue weighted by Crippen LogP contribution is 2.24. The van der Waals surface area contributed by atoms with Crippen molar-refractivity contribution in [2.45, 2.75) is 26.0 Å². The minimum Gasteiger partial charge on any atom is -0.385 e. The quantitative estimate of drug-likeness (QED) is 0.849. The molecule has 0 aliphatic carbocycles. The normalized spacial score (nSPS) is 13.1. The van der Waals surface area contributed by atoms with Gasteiger partial charge in [-0.3, -0.25) is 0 Å². The van der Waals surface area contributed by atoms with Crippen molar-refractivity contribution in [2.75, 3.05) is 13.7 Å². The Morgan fingerprint density at radius 3 is 2.94 bits per heavy atom. The molecule has 0 unspecified atom stereocenters. The zero-order valence-corrected chi connectivity index (χ0v) is 11.3. The van der Waals surface area contributed by atoms with Crippen LogP contribution in [0.25, 0.3) is 11.0 Å². The first kappa shape index (κ1) is 13.3. The molecular weight excluding hydrogens is 252 g/mol. The van der Waals surface area contributed by atoms with Gasteiger partial charge < -0.3 is 14.4 Å². The van der Waals surface area contributed by atoms with Crippen LogP contribution < -0.4 is 0 Å². The number of aliphatic hydroxyl groups excluding tert-OH is 1. The summed E-state index contributed by atoms with van der Waals surface area (Å²) >= 11 is 5.95. The molecule has 0 aliphatic heterocycles. The topological polar surface area (TPSA) is 47.3 Å². The van der Waals surface area contributed by atoms with E-state index in [1.807, 2.05) is 22.8 Å². The SMILES string of the molecule is COCCCn1c([C@@H](C)O)nc2cc(Cl)ccc21. The summed E-state index contributed by atoms with van der Waals surface area (Å²) in [6.07, 6.45) is 0.281.